The minimum atomic E-state index is -0.311. The molecule has 0 amide bonds. The van der Waals surface area contributed by atoms with Gasteiger partial charge in [-0.2, -0.15) is 9.78 Å². The molecular weight excluding hydrogens is 590 g/mol. The smallest absolute Gasteiger partial charge is 0.282 e. The van der Waals surface area contributed by atoms with Gasteiger partial charge in [0, 0.05) is 15.4 Å². The first-order chi connectivity index (χ1) is 17.4. The summed E-state index contributed by atoms with van der Waals surface area (Å²) in [6, 6.07) is 18.4. The van der Waals surface area contributed by atoms with Crippen LogP contribution in [-0.2, 0) is 0 Å². The molecule has 9 heteroatoms. The molecule has 3 aromatic carbocycles. The number of hydrogen-bond donors (Lipinski definition) is 0. The molecule has 0 atom stereocenters. The molecule has 0 aliphatic carbocycles. The van der Waals surface area contributed by atoms with E-state index in [-0.39, 0.29) is 11.7 Å². The molecule has 0 aliphatic heterocycles. The Bertz CT molecular complexity index is 1660. The van der Waals surface area contributed by atoms with Crippen molar-refractivity contribution in [2.24, 2.45) is 5.10 Å². The zero-order chi connectivity index (χ0) is 25.4. The normalized spacial score (nSPS) is 11.7. The SMILES string of the molecule is COc1cc(C=Nn2c(-c3cc4ccccc4o3)nc3ccccc3c2=O)c(Br)c(Br)c1OC(C)C. The number of fused-ring (bicyclic) bond motifs is 2. The number of halogens is 2. The summed E-state index contributed by atoms with van der Waals surface area (Å²) in [5.74, 6) is 1.84. The van der Waals surface area contributed by atoms with E-state index in [1.807, 2.05) is 50.2 Å². The molecule has 5 aromatic rings. The van der Waals surface area contributed by atoms with Crippen molar-refractivity contribution < 1.29 is 13.9 Å². The average Bonchev–Trinajstić information content (AvgIpc) is 3.31. The number of nitrogens with zero attached hydrogens (tertiary/aromatic N) is 3. The maximum absolute atomic E-state index is 13.5. The molecule has 182 valence electrons. The van der Waals surface area contributed by atoms with E-state index in [4.69, 9.17) is 18.9 Å². The van der Waals surface area contributed by atoms with Gasteiger partial charge in [0.05, 0.1) is 34.8 Å². The Morgan fingerprint density at radius 1 is 1.06 bits per heavy atom. The zero-order valence-electron chi connectivity index (χ0n) is 19.7. The van der Waals surface area contributed by atoms with Crippen LogP contribution in [0.5, 0.6) is 11.5 Å². The van der Waals surface area contributed by atoms with Crippen molar-refractivity contribution in [3.63, 3.8) is 0 Å². The predicted octanol–water partition coefficient (Wildman–Crippen LogP) is 7.01. The topological polar surface area (TPSA) is 78.9 Å². The Morgan fingerprint density at radius 3 is 2.56 bits per heavy atom. The van der Waals surface area contributed by atoms with Crippen LogP contribution in [-0.4, -0.2) is 29.1 Å². The second-order valence-electron chi connectivity index (χ2n) is 8.25. The van der Waals surface area contributed by atoms with E-state index in [0.717, 1.165) is 5.39 Å². The van der Waals surface area contributed by atoms with Crippen LogP contribution in [0.3, 0.4) is 0 Å². The van der Waals surface area contributed by atoms with E-state index in [9.17, 15) is 4.79 Å². The van der Waals surface area contributed by atoms with Gasteiger partial charge >= 0.3 is 0 Å². The minimum Gasteiger partial charge on any atom is -0.493 e. The van der Waals surface area contributed by atoms with Crippen LogP contribution in [0.4, 0.5) is 0 Å². The summed E-state index contributed by atoms with van der Waals surface area (Å²) >= 11 is 7.19. The van der Waals surface area contributed by atoms with Gasteiger partial charge in [-0.1, -0.05) is 30.3 Å². The molecule has 0 saturated carbocycles. The van der Waals surface area contributed by atoms with Gasteiger partial charge in [-0.15, -0.1) is 0 Å². The number of rotatable bonds is 6. The quantitative estimate of drug-likeness (QED) is 0.193. The van der Waals surface area contributed by atoms with Crippen LogP contribution in [0.1, 0.15) is 19.4 Å². The molecule has 7 nitrogen and oxygen atoms in total. The predicted molar refractivity (Wildman–Crippen MR) is 148 cm³/mol. The lowest BCUT2D eigenvalue weighted by Crippen LogP contribution is -2.20. The average molecular weight is 611 g/mol. The van der Waals surface area contributed by atoms with Crippen molar-refractivity contribution >= 4 is 59.9 Å². The van der Waals surface area contributed by atoms with E-state index in [2.05, 4.69) is 37.0 Å². The molecule has 0 radical (unpaired) electrons. The van der Waals surface area contributed by atoms with Crippen molar-refractivity contribution in [1.29, 1.82) is 0 Å². The number of ether oxygens (including phenoxy) is 2. The number of hydrogen-bond acceptors (Lipinski definition) is 6. The lowest BCUT2D eigenvalue weighted by atomic mass is 10.2. The van der Waals surface area contributed by atoms with Crippen molar-refractivity contribution in [3.05, 3.63) is 85.5 Å². The third-order valence-electron chi connectivity index (χ3n) is 5.44. The van der Waals surface area contributed by atoms with Gasteiger partial charge in [-0.25, -0.2) is 4.98 Å². The lowest BCUT2D eigenvalue weighted by Gasteiger charge is -2.17. The van der Waals surface area contributed by atoms with Crippen molar-refractivity contribution in [2.75, 3.05) is 7.11 Å². The van der Waals surface area contributed by atoms with Crippen molar-refractivity contribution in [3.8, 4) is 23.1 Å². The van der Waals surface area contributed by atoms with Crippen LogP contribution in [0.2, 0.25) is 0 Å². The van der Waals surface area contributed by atoms with E-state index in [1.165, 1.54) is 4.68 Å². The third kappa shape index (κ3) is 4.44. The Balaban J connectivity index is 1.69. The number of furan rings is 1. The van der Waals surface area contributed by atoms with Crippen LogP contribution < -0.4 is 15.0 Å². The number of benzene rings is 3. The van der Waals surface area contributed by atoms with Gasteiger partial charge in [0.2, 0.25) is 5.82 Å². The molecule has 0 N–H and O–H groups in total. The highest BCUT2D eigenvalue weighted by Crippen LogP contribution is 2.42. The van der Waals surface area contributed by atoms with Crippen molar-refractivity contribution in [2.45, 2.75) is 20.0 Å². The molecule has 0 bridgehead atoms. The molecule has 0 spiro atoms. The third-order valence-corrected chi connectivity index (χ3v) is 7.58. The minimum absolute atomic E-state index is 0.0461. The maximum Gasteiger partial charge on any atom is 0.282 e. The lowest BCUT2D eigenvalue weighted by molar-refractivity contribution is 0.228. The van der Waals surface area contributed by atoms with Crippen LogP contribution in [0, 0.1) is 0 Å². The molecule has 36 heavy (non-hydrogen) atoms. The molecule has 0 saturated heterocycles. The van der Waals surface area contributed by atoms with E-state index in [1.54, 1.807) is 37.6 Å². The highest BCUT2D eigenvalue weighted by molar-refractivity contribution is 9.13. The summed E-state index contributed by atoms with van der Waals surface area (Å²) in [5.41, 5.74) is 1.62. The van der Waals surface area contributed by atoms with Crippen LogP contribution in [0.25, 0.3) is 33.5 Å². The van der Waals surface area contributed by atoms with Gasteiger partial charge < -0.3 is 13.9 Å². The largest absolute Gasteiger partial charge is 0.493 e. The second-order valence-corrected chi connectivity index (χ2v) is 9.84. The second kappa shape index (κ2) is 9.91. The molecule has 0 unspecified atom stereocenters. The summed E-state index contributed by atoms with van der Waals surface area (Å²) < 4.78 is 20.1. The first-order valence-corrected chi connectivity index (χ1v) is 12.7. The Morgan fingerprint density at radius 2 is 1.81 bits per heavy atom. The van der Waals surface area contributed by atoms with Gasteiger partial charge in [0.1, 0.15) is 5.58 Å². The van der Waals surface area contributed by atoms with E-state index in [0.29, 0.717) is 54.1 Å². The summed E-state index contributed by atoms with van der Waals surface area (Å²) in [5, 5.41) is 5.91. The first-order valence-electron chi connectivity index (χ1n) is 11.1. The fourth-order valence-corrected chi connectivity index (χ4v) is 4.71. The van der Waals surface area contributed by atoms with Crippen molar-refractivity contribution in [1.82, 2.24) is 9.66 Å². The Kier molecular flexibility index (Phi) is 6.68. The monoisotopic (exact) mass is 609 g/mol. The standard InChI is InChI=1S/C27H21Br2N3O4/c1-15(2)35-25-21(34-3)13-17(23(28)24(25)29)14-30-32-26(22-12-16-8-4-7-11-20(16)36-22)31-19-10-6-5-9-18(19)27(32)33/h4-15H,1-3H3. The summed E-state index contributed by atoms with van der Waals surface area (Å²) in [6.45, 7) is 3.88. The van der Waals surface area contributed by atoms with Gasteiger partial charge in [0.25, 0.3) is 5.56 Å². The zero-order valence-corrected chi connectivity index (χ0v) is 22.8. The van der Waals surface area contributed by atoms with Crippen LogP contribution in [0.15, 0.2) is 83.9 Å². The molecule has 0 aliphatic rings. The summed E-state index contributed by atoms with van der Waals surface area (Å²) in [6.07, 6.45) is 1.52. The Hall–Kier alpha value is -3.43. The van der Waals surface area contributed by atoms with E-state index < -0.39 is 0 Å². The summed E-state index contributed by atoms with van der Waals surface area (Å²) in [7, 11) is 1.57. The van der Waals surface area contributed by atoms with E-state index >= 15 is 0 Å². The number of methoxy groups -OCH3 is 1. The molecule has 2 heterocycles. The fraction of sp³-hybridized carbons (Fsp3) is 0.148. The summed E-state index contributed by atoms with van der Waals surface area (Å²) in [4.78, 5) is 18.2. The molecular formula is C27H21Br2N3O4. The van der Waals surface area contributed by atoms with Gasteiger partial charge in [-0.3, -0.25) is 4.79 Å². The van der Waals surface area contributed by atoms with Gasteiger partial charge in [-0.05, 0) is 76.0 Å². The van der Waals surface area contributed by atoms with Gasteiger partial charge in [0.15, 0.2) is 17.3 Å². The number of aromatic nitrogens is 2. The molecule has 2 aromatic heterocycles. The molecule has 0 fully saturated rings. The van der Waals surface area contributed by atoms with Crippen LogP contribution >= 0.6 is 31.9 Å². The maximum atomic E-state index is 13.5. The fourth-order valence-electron chi connectivity index (χ4n) is 3.80. The Labute approximate surface area is 223 Å². The first kappa shape index (κ1) is 24.3. The highest BCUT2D eigenvalue weighted by Gasteiger charge is 2.19. The molecule has 5 rings (SSSR count). The highest BCUT2D eigenvalue weighted by atomic mass is 79.9. The number of para-hydroxylation sites is 2.